The average molecular weight is 382 g/mol. The largest absolute Gasteiger partial charge is 0.399 e. The van der Waals surface area contributed by atoms with Gasteiger partial charge in [0.1, 0.15) is 0 Å². The third kappa shape index (κ3) is 6.08. The number of hydrogen-bond acceptors (Lipinski definition) is 4. The number of benzene rings is 2. The molecule has 0 saturated carbocycles. The quantitative estimate of drug-likeness (QED) is 0.723. The lowest BCUT2D eigenvalue weighted by atomic mass is 10.1. The number of hydrogen-bond donors (Lipinski definition) is 2. The van der Waals surface area contributed by atoms with Gasteiger partial charge in [-0.15, -0.1) is 0 Å². The first-order chi connectivity index (χ1) is 13.5. The smallest absolute Gasteiger partial charge is 0.220 e. The minimum Gasteiger partial charge on any atom is -0.399 e. The van der Waals surface area contributed by atoms with Gasteiger partial charge in [0.05, 0.1) is 12.2 Å². The summed E-state index contributed by atoms with van der Waals surface area (Å²) in [6, 6.07) is 16.2. The van der Waals surface area contributed by atoms with Gasteiger partial charge in [-0.3, -0.25) is 9.69 Å². The first-order valence-corrected chi connectivity index (χ1v) is 10.1. The second kappa shape index (κ2) is 9.71. The molecule has 1 amide bonds. The summed E-state index contributed by atoms with van der Waals surface area (Å²) in [6.07, 6.45) is 1.67. The summed E-state index contributed by atoms with van der Waals surface area (Å²) in [5.74, 6) is 0.0450. The number of nitrogens with two attached hydrogens (primary N) is 1. The van der Waals surface area contributed by atoms with E-state index in [9.17, 15) is 4.79 Å². The summed E-state index contributed by atoms with van der Waals surface area (Å²) in [7, 11) is 0. The molecule has 2 unspecified atom stereocenters. The molecular formula is C23H31N3O2. The van der Waals surface area contributed by atoms with Crippen LogP contribution in [0.4, 0.5) is 5.69 Å². The van der Waals surface area contributed by atoms with E-state index in [1.54, 1.807) is 0 Å². The Morgan fingerprint density at radius 2 is 1.71 bits per heavy atom. The lowest BCUT2D eigenvalue weighted by Gasteiger charge is -2.35. The van der Waals surface area contributed by atoms with E-state index in [0.29, 0.717) is 19.4 Å². The number of nitrogens with zero attached hydrogens (tertiary/aromatic N) is 1. The van der Waals surface area contributed by atoms with Gasteiger partial charge in [0.25, 0.3) is 0 Å². The zero-order valence-corrected chi connectivity index (χ0v) is 16.9. The van der Waals surface area contributed by atoms with Crippen LogP contribution < -0.4 is 11.1 Å². The van der Waals surface area contributed by atoms with Crippen molar-refractivity contribution >= 4 is 11.6 Å². The SMILES string of the molecule is CC1CN(Cc2ccc(CNC(=O)CCc3ccccc3N)cc2)CC(C)O1. The molecule has 1 heterocycles. The Bertz CT molecular complexity index is 766. The Morgan fingerprint density at radius 1 is 1.07 bits per heavy atom. The molecule has 1 aliphatic rings. The Kier molecular flexibility index (Phi) is 7.06. The molecule has 2 atom stereocenters. The molecule has 2 aromatic rings. The molecule has 0 aliphatic carbocycles. The van der Waals surface area contributed by atoms with Gasteiger partial charge < -0.3 is 15.8 Å². The number of amides is 1. The third-order valence-corrected chi connectivity index (χ3v) is 5.09. The average Bonchev–Trinajstić information content (AvgIpc) is 2.66. The Labute approximate surface area is 167 Å². The first-order valence-electron chi connectivity index (χ1n) is 10.1. The summed E-state index contributed by atoms with van der Waals surface area (Å²) in [6.45, 7) is 7.67. The number of anilines is 1. The van der Waals surface area contributed by atoms with Crippen molar-refractivity contribution < 1.29 is 9.53 Å². The van der Waals surface area contributed by atoms with Crippen molar-refractivity contribution in [3.63, 3.8) is 0 Å². The molecule has 5 heteroatoms. The van der Waals surface area contributed by atoms with Gasteiger partial charge in [-0.2, -0.15) is 0 Å². The number of morpholine rings is 1. The normalized spacial score (nSPS) is 20.1. The van der Waals surface area contributed by atoms with Crippen LogP contribution >= 0.6 is 0 Å². The lowest BCUT2D eigenvalue weighted by Crippen LogP contribution is -2.44. The van der Waals surface area contributed by atoms with E-state index in [1.807, 2.05) is 24.3 Å². The van der Waals surface area contributed by atoms with E-state index in [4.69, 9.17) is 10.5 Å². The van der Waals surface area contributed by atoms with Crippen LogP contribution in [0.25, 0.3) is 0 Å². The van der Waals surface area contributed by atoms with Gasteiger partial charge in [0, 0.05) is 38.3 Å². The fraction of sp³-hybridized carbons (Fsp3) is 0.435. The highest BCUT2D eigenvalue weighted by molar-refractivity contribution is 5.76. The number of carbonyl (C=O) groups excluding carboxylic acids is 1. The summed E-state index contributed by atoms with van der Waals surface area (Å²) in [5, 5.41) is 2.99. The monoisotopic (exact) mass is 381 g/mol. The topological polar surface area (TPSA) is 67.6 Å². The number of carbonyl (C=O) groups is 1. The van der Waals surface area contributed by atoms with E-state index < -0.39 is 0 Å². The van der Waals surface area contributed by atoms with E-state index >= 15 is 0 Å². The molecule has 3 N–H and O–H groups in total. The van der Waals surface area contributed by atoms with Crippen LogP contribution in [0.1, 0.15) is 37.0 Å². The number of ether oxygens (including phenoxy) is 1. The molecular weight excluding hydrogens is 350 g/mol. The van der Waals surface area contributed by atoms with Crippen LogP contribution in [0.2, 0.25) is 0 Å². The minimum atomic E-state index is 0.0450. The van der Waals surface area contributed by atoms with Crippen LogP contribution in [0, 0.1) is 0 Å². The molecule has 1 fully saturated rings. The molecule has 5 nitrogen and oxygen atoms in total. The molecule has 0 radical (unpaired) electrons. The van der Waals surface area contributed by atoms with Gasteiger partial charge in [0.15, 0.2) is 0 Å². The maximum absolute atomic E-state index is 12.1. The Morgan fingerprint density at radius 3 is 2.39 bits per heavy atom. The van der Waals surface area contributed by atoms with Gasteiger partial charge in [-0.1, -0.05) is 42.5 Å². The molecule has 0 bridgehead atoms. The number of nitrogens with one attached hydrogen (secondary N) is 1. The zero-order chi connectivity index (χ0) is 19.9. The fourth-order valence-corrected chi connectivity index (χ4v) is 3.73. The third-order valence-electron chi connectivity index (χ3n) is 5.09. The van der Waals surface area contributed by atoms with Gasteiger partial charge >= 0.3 is 0 Å². The number of rotatable bonds is 7. The summed E-state index contributed by atoms with van der Waals surface area (Å²) in [5.41, 5.74) is 10.1. The zero-order valence-electron chi connectivity index (χ0n) is 16.9. The van der Waals surface area contributed by atoms with E-state index in [1.165, 1.54) is 5.56 Å². The lowest BCUT2D eigenvalue weighted by molar-refractivity contribution is -0.121. The number of para-hydroxylation sites is 1. The highest BCUT2D eigenvalue weighted by Gasteiger charge is 2.21. The van der Waals surface area contributed by atoms with Crippen LogP contribution in [-0.2, 0) is 29.0 Å². The molecule has 0 aromatic heterocycles. The van der Waals surface area contributed by atoms with Crippen LogP contribution in [0.3, 0.4) is 0 Å². The number of aryl methyl sites for hydroxylation is 1. The van der Waals surface area contributed by atoms with E-state index in [0.717, 1.165) is 36.4 Å². The van der Waals surface area contributed by atoms with Crippen molar-refractivity contribution in [1.82, 2.24) is 10.2 Å². The Hall–Kier alpha value is -2.37. The second-order valence-corrected chi connectivity index (χ2v) is 7.74. The Balaban J connectivity index is 1.42. The van der Waals surface area contributed by atoms with Crippen molar-refractivity contribution in [3.05, 3.63) is 65.2 Å². The van der Waals surface area contributed by atoms with Gasteiger partial charge in [-0.25, -0.2) is 0 Å². The summed E-state index contributed by atoms with van der Waals surface area (Å²) < 4.78 is 5.79. The van der Waals surface area contributed by atoms with Crippen LogP contribution in [-0.4, -0.2) is 36.1 Å². The molecule has 1 aliphatic heterocycles. The first kappa shape index (κ1) is 20.4. The highest BCUT2D eigenvalue weighted by Crippen LogP contribution is 2.15. The van der Waals surface area contributed by atoms with Gasteiger partial charge in [-0.05, 0) is 43.0 Å². The second-order valence-electron chi connectivity index (χ2n) is 7.74. The van der Waals surface area contributed by atoms with Crippen LogP contribution in [0.15, 0.2) is 48.5 Å². The molecule has 3 rings (SSSR count). The van der Waals surface area contributed by atoms with Crippen LogP contribution in [0.5, 0.6) is 0 Å². The van der Waals surface area contributed by atoms with Gasteiger partial charge in [0.2, 0.25) is 5.91 Å². The fourth-order valence-electron chi connectivity index (χ4n) is 3.73. The maximum atomic E-state index is 12.1. The summed E-state index contributed by atoms with van der Waals surface area (Å²) in [4.78, 5) is 14.6. The van der Waals surface area contributed by atoms with Crippen molar-refractivity contribution in [2.45, 2.75) is 52.0 Å². The summed E-state index contributed by atoms with van der Waals surface area (Å²) >= 11 is 0. The standard InChI is InChI=1S/C23H31N3O2/c1-17-14-26(15-18(2)28-17)16-20-9-7-19(8-10-20)13-25-23(27)12-11-21-5-3-4-6-22(21)24/h3-10,17-18H,11-16,24H2,1-2H3,(H,25,27). The number of nitrogen functional groups attached to an aromatic ring is 1. The maximum Gasteiger partial charge on any atom is 0.220 e. The molecule has 150 valence electrons. The molecule has 28 heavy (non-hydrogen) atoms. The molecule has 2 aromatic carbocycles. The van der Waals surface area contributed by atoms with Crippen molar-refractivity contribution in [3.8, 4) is 0 Å². The predicted molar refractivity (Wildman–Crippen MR) is 113 cm³/mol. The molecule has 1 saturated heterocycles. The van der Waals surface area contributed by atoms with Crippen molar-refractivity contribution in [1.29, 1.82) is 0 Å². The van der Waals surface area contributed by atoms with Crippen molar-refractivity contribution in [2.75, 3.05) is 18.8 Å². The highest BCUT2D eigenvalue weighted by atomic mass is 16.5. The van der Waals surface area contributed by atoms with Crippen molar-refractivity contribution in [2.24, 2.45) is 0 Å². The van der Waals surface area contributed by atoms with E-state index in [-0.39, 0.29) is 18.1 Å². The van der Waals surface area contributed by atoms with E-state index in [2.05, 4.69) is 48.3 Å². The minimum absolute atomic E-state index is 0.0450. The molecule has 0 spiro atoms. The predicted octanol–water partition coefficient (Wildman–Crippen LogP) is 3.13.